The molecular weight excluding hydrogens is 368 g/mol. The van der Waals surface area contributed by atoms with Gasteiger partial charge in [-0.05, 0) is 11.4 Å². The molecule has 1 fully saturated rings. The zero-order valence-electron chi connectivity index (χ0n) is 13.6. The van der Waals surface area contributed by atoms with Gasteiger partial charge in [0.05, 0.1) is 39.6 Å². The first-order chi connectivity index (χ1) is 11.9. The summed E-state index contributed by atoms with van der Waals surface area (Å²) in [5.74, 6) is 3.12. The van der Waals surface area contributed by atoms with Gasteiger partial charge in [0.1, 0.15) is 11.0 Å². The molecule has 1 saturated heterocycles. The molecule has 0 spiro atoms. The number of carbonyl (C=O) groups excluding carboxylic acids is 1. The maximum Gasteiger partial charge on any atom is 0.348 e. The predicted molar refractivity (Wildman–Crippen MR) is 101 cm³/mol. The topological polar surface area (TPSA) is 54.0 Å². The van der Waals surface area contributed by atoms with Gasteiger partial charge in [0.2, 0.25) is 0 Å². The smallest absolute Gasteiger partial charge is 0.348 e. The van der Waals surface area contributed by atoms with Crippen LogP contribution in [-0.2, 0) is 18.9 Å². The third kappa shape index (κ3) is 8.73. The lowest BCUT2D eigenvalue weighted by Gasteiger charge is -2.17. The minimum Gasteiger partial charge on any atom is -0.456 e. The van der Waals surface area contributed by atoms with E-state index in [1.807, 2.05) is 11.4 Å². The van der Waals surface area contributed by atoms with Crippen LogP contribution in [0.15, 0.2) is 17.5 Å². The first-order valence-electron chi connectivity index (χ1n) is 7.99. The lowest BCUT2D eigenvalue weighted by Crippen LogP contribution is -2.24. The lowest BCUT2D eigenvalue weighted by atomic mass is 10.4. The summed E-state index contributed by atoms with van der Waals surface area (Å²) >= 11 is 4.92. The Morgan fingerprint density at radius 3 is 2.08 bits per heavy atom. The Morgan fingerprint density at radius 2 is 1.54 bits per heavy atom. The van der Waals surface area contributed by atoms with Crippen molar-refractivity contribution in [2.24, 2.45) is 0 Å². The summed E-state index contributed by atoms with van der Waals surface area (Å²) in [7, 11) is 0. The summed E-state index contributed by atoms with van der Waals surface area (Å²) in [6.45, 7) is 3.78. The van der Waals surface area contributed by atoms with Gasteiger partial charge in [0.15, 0.2) is 0 Å². The zero-order valence-corrected chi connectivity index (χ0v) is 16.1. The van der Waals surface area contributed by atoms with Crippen LogP contribution in [0.5, 0.6) is 0 Å². The van der Waals surface area contributed by atoms with Gasteiger partial charge in [-0.2, -0.15) is 23.5 Å². The maximum absolute atomic E-state index is 12.1. The summed E-state index contributed by atoms with van der Waals surface area (Å²) in [6.07, 6.45) is -0.0918. The van der Waals surface area contributed by atoms with E-state index in [0.717, 1.165) is 23.0 Å². The first kappa shape index (κ1) is 20.1. The summed E-state index contributed by atoms with van der Waals surface area (Å²) < 4.78 is 22.1. The van der Waals surface area contributed by atoms with Crippen molar-refractivity contribution in [3.63, 3.8) is 0 Å². The number of esters is 1. The van der Waals surface area contributed by atoms with Crippen molar-refractivity contribution in [2.45, 2.75) is 6.10 Å². The van der Waals surface area contributed by atoms with Crippen LogP contribution in [0, 0.1) is 0 Å². The molecule has 0 unspecified atom stereocenters. The van der Waals surface area contributed by atoms with Crippen LogP contribution in [0.4, 0.5) is 0 Å². The minimum absolute atomic E-state index is 0.0918. The number of ether oxygens (including phenoxy) is 4. The van der Waals surface area contributed by atoms with Crippen LogP contribution in [0.3, 0.4) is 0 Å². The normalized spacial score (nSPS) is 20.5. The van der Waals surface area contributed by atoms with Crippen LogP contribution in [0.25, 0.3) is 0 Å². The van der Waals surface area contributed by atoms with Gasteiger partial charge in [-0.25, -0.2) is 4.79 Å². The monoisotopic (exact) mass is 392 g/mol. The second-order valence-corrected chi connectivity index (χ2v) is 8.24. The molecule has 5 nitrogen and oxygen atoms in total. The van der Waals surface area contributed by atoms with Gasteiger partial charge >= 0.3 is 5.97 Å². The molecule has 0 aliphatic carbocycles. The molecule has 24 heavy (non-hydrogen) atoms. The highest BCUT2D eigenvalue weighted by atomic mass is 32.2. The van der Waals surface area contributed by atoms with E-state index in [4.69, 9.17) is 18.9 Å². The number of hydrogen-bond acceptors (Lipinski definition) is 8. The number of carbonyl (C=O) groups is 1. The quantitative estimate of drug-likeness (QED) is 0.717. The van der Waals surface area contributed by atoms with E-state index >= 15 is 0 Å². The first-order valence-corrected chi connectivity index (χ1v) is 11.2. The Hall–Kier alpha value is -0.250. The predicted octanol–water partition coefficient (Wildman–Crippen LogP) is 2.80. The summed E-state index contributed by atoms with van der Waals surface area (Å²) in [5, 5.41) is 1.89. The van der Waals surface area contributed by atoms with Crippen LogP contribution in [0.2, 0.25) is 0 Å². The third-order valence-electron chi connectivity index (χ3n) is 3.09. The van der Waals surface area contributed by atoms with Gasteiger partial charge in [-0.15, -0.1) is 11.3 Å². The molecule has 2 rings (SSSR count). The van der Waals surface area contributed by atoms with Crippen molar-refractivity contribution in [3.8, 4) is 0 Å². The number of hydrogen-bond donors (Lipinski definition) is 0. The molecule has 8 heteroatoms. The average molecular weight is 393 g/mol. The highest BCUT2D eigenvalue weighted by molar-refractivity contribution is 8.00. The van der Waals surface area contributed by atoms with Crippen molar-refractivity contribution in [2.75, 3.05) is 62.7 Å². The summed E-state index contributed by atoms with van der Waals surface area (Å²) in [5.41, 5.74) is 0. The molecule has 1 aromatic heterocycles. The van der Waals surface area contributed by atoms with Gasteiger partial charge < -0.3 is 18.9 Å². The molecule has 0 N–H and O–H groups in total. The van der Waals surface area contributed by atoms with Crippen LogP contribution in [0.1, 0.15) is 9.67 Å². The fourth-order valence-electron chi connectivity index (χ4n) is 1.93. The zero-order chi connectivity index (χ0) is 16.9. The molecule has 1 aromatic rings. The fraction of sp³-hybridized carbons (Fsp3) is 0.688. The molecule has 0 saturated carbocycles. The Bertz CT molecular complexity index is 425. The summed E-state index contributed by atoms with van der Waals surface area (Å²) in [6, 6.07) is 3.66. The number of thiophene rings is 1. The van der Waals surface area contributed by atoms with Crippen molar-refractivity contribution in [3.05, 3.63) is 22.4 Å². The van der Waals surface area contributed by atoms with E-state index in [1.54, 1.807) is 29.6 Å². The Balaban J connectivity index is 1.76. The SMILES string of the molecule is O=C(OC1CSCCOCCOCCOCCSC1)c1cccs1. The standard InChI is InChI=1S/C16H24O5S3/c17-16(15-2-1-9-24-15)21-14-12-22-10-7-19-5-3-18-4-6-20-8-11-23-13-14/h1-2,9,14H,3-8,10-13H2. The van der Waals surface area contributed by atoms with Gasteiger partial charge in [0, 0.05) is 23.0 Å². The van der Waals surface area contributed by atoms with Crippen LogP contribution >= 0.6 is 34.9 Å². The third-order valence-corrected chi connectivity index (χ3v) is 6.07. The lowest BCUT2D eigenvalue weighted by molar-refractivity contribution is 0.0204. The molecule has 0 bridgehead atoms. The molecule has 0 radical (unpaired) electrons. The summed E-state index contributed by atoms with van der Waals surface area (Å²) in [4.78, 5) is 12.8. The van der Waals surface area contributed by atoms with E-state index < -0.39 is 0 Å². The second kappa shape index (κ2) is 13.0. The van der Waals surface area contributed by atoms with E-state index in [9.17, 15) is 4.79 Å². The van der Waals surface area contributed by atoms with Crippen molar-refractivity contribution >= 4 is 40.8 Å². The van der Waals surface area contributed by atoms with Crippen molar-refractivity contribution in [1.82, 2.24) is 0 Å². The molecule has 0 amide bonds. The Morgan fingerprint density at radius 1 is 0.958 bits per heavy atom. The molecule has 0 aromatic carbocycles. The molecule has 1 aliphatic heterocycles. The van der Waals surface area contributed by atoms with E-state index in [-0.39, 0.29) is 12.1 Å². The fourth-order valence-corrected chi connectivity index (χ4v) is 4.38. The molecule has 1 aliphatic rings. The minimum atomic E-state index is -0.227. The number of rotatable bonds is 2. The van der Waals surface area contributed by atoms with Crippen LogP contribution < -0.4 is 0 Å². The maximum atomic E-state index is 12.1. The Labute approximate surface area is 155 Å². The second-order valence-electron chi connectivity index (χ2n) is 4.99. The van der Waals surface area contributed by atoms with Crippen LogP contribution in [-0.4, -0.2) is 74.7 Å². The van der Waals surface area contributed by atoms with Gasteiger partial charge in [-0.3, -0.25) is 0 Å². The van der Waals surface area contributed by atoms with E-state index in [0.29, 0.717) is 44.5 Å². The molecule has 0 atom stereocenters. The Kier molecular flexibility index (Phi) is 10.9. The molecule has 136 valence electrons. The molecule has 2 heterocycles. The average Bonchev–Trinajstić information content (AvgIpc) is 3.11. The van der Waals surface area contributed by atoms with Crippen molar-refractivity contribution < 1.29 is 23.7 Å². The molecular formula is C16H24O5S3. The largest absolute Gasteiger partial charge is 0.456 e. The van der Waals surface area contributed by atoms with E-state index in [2.05, 4.69) is 0 Å². The number of thioether (sulfide) groups is 2. The van der Waals surface area contributed by atoms with Gasteiger partial charge in [-0.1, -0.05) is 6.07 Å². The highest BCUT2D eigenvalue weighted by Crippen LogP contribution is 2.16. The van der Waals surface area contributed by atoms with Gasteiger partial charge in [0.25, 0.3) is 0 Å². The van der Waals surface area contributed by atoms with E-state index in [1.165, 1.54) is 11.3 Å². The highest BCUT2D eigenvalue weighted by Gasteiger charge is 2.17. The van der Waals surface area contributed by atoms with Crippen molar-refractivity contribution in [1.29, 1.82) is 0 Å².